The van der Waals surface area contributed by atoms with E-state index in [2.05, 4.69) is 28.9 Å². The van der Waals surface area contributed by atoms with Crippen LogP contribution in [0.25, 0.3) is 10.8 Å². The molecule has 3 aromatic carbocycles. The predicted octanol–water partition coefficient (Wildman–Crippen LogP) is 5.45. The van der Waals surface area contributed by atoms with E-state index in [1.54, 1.807) is 0 Å². The van der Waals surface area contributed by atoms with E-state index in [0.29, 0.717) is 0 Å². The molecule has 0 aromatic heterocycles. The molecule has 0 amide bonds. The van der Waals surface area contributed by atoms with Gasteiger partial charge in [0, 0.05) is 15.6 Å². The fraction of sp³-hybridized carbons (Fsp3) is 0.105. The SMILES string of the molecule is Cc1ccc(C(=O)c2ccc3cc(Br)ccc3c2)cc1C. The van der Waals surface area contributed by atoms with Crippen LogP contribution in [-0.4, -0.2) is 5.78 Å². The monoisotopic (exact) mass is 338 g/mol. The molecule has 0 N–H and O–H groups in total. The second-order valence-corrected chi connectivity index (χ2v) is 6.25. The molecule has 0 fully saturated rings. The molecule has 3 rings (SSSR count). The maximum atomic E-state index is 12.6. The highest BCUT2D eigenvalue weighted by molar-refractivity contribution is 9.10. The van der Waals surface area contributed by atoms with Crippen LogP contribution in [0, 0.1) is 13.8 Å². The minimum Gasteiger partial charge on any atom is -0.289 e. The Morgan fingerprint density at radius 3 is 2.14 bits per heavy atom. The Balaban J connectivity index is 2.04. The smallest absolute Gasteiger partial charge is 0.193 e. The Hall–Kier alpha value is -1.93. The minimum absolute atomic E-state index is 0.0721. The third kappa shape index (κ3) is 2.77. The van der Waals surface area contributed by atoms with E-state index in [9.17, 15) is 4.79 Å². The molecule has 0 aliphatic heterocycles. The first-order chi connectivity index (χ1) is 10.0. The van der Waals surface area contributed by atoms with E-state index in [1.165, 1.54) is 5.56 Å². The van der Waals surface area contributed by atoms with Gasteiger partial charge in [-0.2, -0.15) is 0 Å². The van der Waals surface area contributed by atoms with Crippen LogP contribution in [0.15, 0.2) is 59.1 Å². The quantitative estimate of drug-likeness (QED) is 0.568. The first-order valence-corrected chi connectivity index (χ1v) is 7.65. The highest BCUT2D eigenvalue weighted by Gasteiger charge is 2.10. The molecular weight excluding hydrogens is 324 g/mol. The van der Waals surface area contributed by atoms with Gasteiger partial charge in [0.2, 0.25) is 0 Å². The fourth-order valence-corrected chi connectivity index (χ4v) is 2.79. The molecule has 0 atom stereocenters. The van der Waals surface area contributed by atoms with Gasteiger partial charge in [0.15, 0.2) is 5.78 Å². The van der Waals surface area contributed by atoms with Crippen molar-refractivity contribution in [1.29, 1.82) is 0 Å². The highest BCUT2D eigenvalue weighted by atomic mass is 79.9. The summed E-state index contributed by atoms with van der Waals surface area (Å²) >= 11 is 3.46. The van der Waals surface area contributed by atoms with E-state index >= 15 is 0 Å². The van der Waals surface area contributed by atoms with Crippen molar-refractivity contribution in [2.75, 3.05) is 0 Å². The van der Waals surface area contributed by atoms with Crippen LogP contribution in [0.2, 0.25) is 0 Å². The van der Waals surface area contributed by atoms with Gasteiger partial charge in [-0.05, 0) is 60.0 Å². The first-order valence-electron chi connectivity index (χ1n) is 6.86. The van der Waals surface area contributed by atoms with Crippen molar-refractivity contribution >= 4 is 32.5 Å². The van der Waals surface area contributed by atoms with Crippen LogP contribution >= 0.6 is 15.9 Å². The van der Waals surface area contributed by atoms with Crippen molar-refractivity contribution in [1.82, 2.24) is 0 Å². The van der Waals surface area contributed by atoms with Gasteiger partial charge in [-0.3, -0.25) is 4.79 Å². The summed E-state index contributed by atoms with van der Waals surface area (Å²) in [5.41, 5.74) is 3.82. The summed E-state index contributed by atoms with van der Waals surface area (Å²) < 4.78 is 1.04. The number of carbonyl (C=O) groups is 1. The molecule has 2 heteroatoms. The van der Waals surface area contributed by atoms with Crippen LogP contribution in [0.1, 0.15) is 27.0 Å². The molecule has 0 aliphatic rings. The molecule has 0 unspecified atom stereocenters. The number of benzene rings is 3. The molecule has 21 heavy (non-hydrogen) atoms. The molecule has 104 valence electrons. The molecule has 1 nitrogen and oxygen atoms in total. The number of halogens is 1. The fourth-order valence-electron chi connectivity index (χ4n) is 2.41. The summed E-state index contributed by atoms with van der Waals surface area (Å²) in [6.45, 7) is 4.08. The molecular formula is C19H15BrO. The van der Waals surface area contributed by atoms with Crippen LogP contribution in [-0.2, 0) is 0 Å². The van der Waals surface area contributed by atoms with Crippen molar-refractivity contribution in [3.8, 4) is 0 Å². The van der Waals surface area contributed by atoms with Crippen molar-refractivity contribution in [2.24, 2.45) is 0 Å². The molecule has 0 aliphatic carbocycles. The summed E-state index contributed by atoms with van der Waals surface area (Å²) in [4.78, 5) is 12.6. The van der Waals surface area contributed by atoms with Gasteiger partial charge in [0.1, 0.15) is 0 Å². The maximum absolute atomic E-state index is 12.6. The van der Waals surface area contributed by atoms with E-state index in [4.69, 9.17) is 0 Å². The molecule has 0 radical (unpaired) electrons. The van der Waals surface area contributed by atoms with Crippen LogP contribution in [0.3, 0.4) is 0 Å². The van der Waals surface area contributed by atoms with Gasteiger partial charge in [0.05, 0.1) is 0 Å². The van der Waals surface area contributed by atoms with E-state index < -0.39 is 0 Å². The normalized spacial score (nSPS) is 10.8. The van der Waals surface area contributed by atoms with Gasteiger partial charge in [0.25, 0.3) is 0 Å². The molecule has 0 bridgehead atoms. The predicted molar refractivity (Wildman–Crippen MR) is 91.0 cm³/mol. The lowest BCUT2D eigenvalue weighted by Gasteiger charge is -2.06. The summed E-state index contributed by atoms with van der Waals surface area (Å²) in [6, 6.07) is 17.8. The Kier molecular flexibility index (Phi) is 3.64. The van der Waals surface area contributed by atoms with Crippen molar-refractivity contribution in [3.63, 3.8) is 0 Å². The zero-order chi connectivity index (χ0) is 15.0. The van der Waals surface area contributed by atoms with Gasteiger partial charge in [-0.15, -0.1) is 0 Å². The second-order valence-electron chi connectivity index (χ2n) is 5.33. The number of fused-ring (bicyclic) bond motifs is 1. The Morgan fingerprint density at radius 2 is 1.38 bits per heavy atom. The highest BCUT2D eigenvalue weighted by Crippen LogP contribution is 2.22. The number of ketones is 1. The van der Waals surface area contributed by atoms with Gasteiger partial charge in [-0.1, -0.05) is 46.3 Å². The summed E-state index contributed by atoms with van der Waals surface area (Å²) in [6.07, 6.45) is 0. The van der Waals surface area contributed by atoms with Crippen molar-refractivity contribution < 1.29 is 4.79 Å². The Morgan fingerprint density at radius 1 is 0.762 bits per heavy atom. The molecule has 0 heterocycles. The van der Waals surface area contributed by atoms with Gasteiger partial charge >= 0.3 is 0 Å². The third-order valence-electron chi connectivity index (χ3n) is 3.83. The number of rotatable bonds is 2. The minimum atomic E-state index is 0.0721. The zero-order valence-electron chi connectivity index (χ0n) is 12.0. The summed E-state index contributed by atoms with van der Waals surface area (Å²) in [5, 5.41) is 2.20. The summed E-state index contributed by atoms with van der Waals surface area (Å²) in [7, 11) is 0. The maximum Gasteiger partial charge on any atom is 0.193 e. The second kappa shape index (κ2) is 5.45. The van der Waals surface area contributed by atoms with Gasteiger partial charge in [-0.25, -0.2) is 0 Å². The lowest BCUT2D eigenvalue weighted by Crippen LogP contribution is -2.02. The van der Waals surface area contributed by atoms with Crippen molar-refractivity contribution in [2.45, 2.75) is 13.8 Å². The number of carbonyl (C=O) groups excluding carboxylic acids is 1. The van der Waals surface area contributed by atoms with Crippen molar-refractivity contribution in [3.05, 3.63) is 81.3 Å². The van der Waals surface area contributed by atoms with Gasteiger partial charge < -0.3 is 0 Å². The zero-order valence-corrected chi connectivity index (χ0v) is 13.6. The summed E-state index contributed by atoms with van der Waals surface area (Å²) in [5.74, 6) is 0.0721. The molecule has 3 aromatic rings. The molecule has 0 saturated carbocycles. The number of hydrogen-bond acceptors (Lipinski definition) is 1. The van der Waals surface area contributed by atoms with E-state index in [1.807, 2.05) is 55.5 Å². The van der Waals surface area contributed by atoms with Crippen LogP contribution in [0.4, 0.5) is 0 Å². The first kappa shape index (κ1) is 14.0. The van der Waals surface area contributed by atoms with Crippen LogP contribution in [0.5, 0.6) is 0 Å². The van der Waals surface area contributed by atoms with Crippen LogP contribution < -0.4 is 0 Å². The van der Waals surface area contributed by atoms with E-state index in [0.717, 1.165) is 31.9 Å². The molecule has 0 saturated heterocycles. The third-order valence-corrected chi connectivity index (χ3v) is 4.33. The Labute approximate surface area is 132 Å². The molecule has 0 spiro atoms. The average molecular weight is 339 g/mol. The Bertz CT molecular complexity index is 849. The lowest BCUT2D eigenvalue weighted by atomic mass is 9.97. The largest absolute Gasteiger partial charge is 0.289 e. The van der Waals surface area contributed by atoms with E-state index in [-0.39, 0.29) is 5.78 Å². The average Bonchev–Trinajstić information content (AvgIpc) is 2.49. The topological polar surface area (TPSA) is 17.1 Å². The number of aryl methyl sites for hydroxylation is 2. The lowest BCUT2D eigenvalue weighted by molar-refractivity contribution is 0.103. The number of hydrogen-bond donors (Lipinski definition) is 0. The standard InChI is InChI=1S/C19H15BrO/c1-12-3-4-16(9-13(12)2)19(21)17-6-5-15-11-18(20)8-7-14(15)10-17/h3-11H,1-2H3.